The summed E-state index contributed by atoms with van der Waals surface area (Å²) in [4.78, 5) is 27.8. The zero-order chi connectivity index (χ0) is 24.4. The Balaban J connectivity index is 2.17. The summed E-state index contributed by atoms with van der Waals surface area (Å²) in [5, 5.41) is 4.93. The van der Waals surface area contributed by atoms with E-state index in [4.69, 9.17) is 46.4 Å². The fraction of sp³-hybridized carbons (Fsp3) is 0.417. The van der Waals surface area contributed by atoms with Crippen molar-refractivity contribution in [2.24, 2.45) is 0 Å². The van der Waals surface area contributed by atoms with E-state index < -0.39 is 6.04 Å². The van der Waals surface area contributed by atoms with Crippen LogP contribution in [0.2, 0.25) is 20.1 Å². The molecule has 0 unspecified atom stereocenters. The highest BCUT2D eigenvalue weighted by molar-refractivity contribution is 7.99. The molecule has 1 atom stereocenters. The first-order valence-corrected chi connectivity index (χ1v) is 13.5. The van der Waals surface area contributed by atoms with Gasteiger partial charge in [-0.25, -0.2) is 0 Å². The Labute approximate surface area is 220 Å². The van der Waals surface area contributed by atoms with Gasteiger partial charge < -0.3 is 10.2 Å². The summed E-state index contributed by atoms with van der Waals surface area (Å²) in [5.74, 6) is 0.372. The minimum atomic E-state index is -0.590. The van der Waals surface area contributed by atoms with Crippen LogP contribution in [0.4, 0.5) is 0 Å². The Kier molecular flexibility index (Phi) is 12.2. The van der Waals surface area contributed by atoms with Crippen LogP contribution in [-0.4, -0.2) is 35.1 Å². The molecule has 4 nitrogen and oxygen atoms in total. The third kappa shape index (κ3) is 8.56. The van der Waals surface area contributed by atoms with E-state index in [2.05, 4.69) is 12.2 Å². The zero-order valence-corrected chi connectivity index (χ0v) is 22.5. The molecule has 1 N–H and O–H groups in total. The second-order valence-electron chi connectivity index (χ2n) is 7.53. The van der Waals surface area contributed by atoms with Crippen LogP contribution in [0, 0.1) is 0 Å². The first-order chi connectivity index (χ1) is 15.8. The summed E-state index contributed by atoms with van der Waals surface area (Å²) < 4.78 is 0. The van der Waals surface area contributed by atoms with Crippen molar-refractivity contribution < 1.29 is 9.59 Å². The lowest BCUT2D eigenvalue weighted by Gasteiger charge is -2.30. The number of nitrogens with zero attached hydrogens (tertiary/aromatic N) is 1. The zero-order valence-electron chi connectivity index (χ0n) is 18.7. The van der Waals surface area contributed by atoms with E-state index in [0.717, 1.165) is 24.0 Å². The van der Waals surface area contributed by atoms with Gasteiger partial charge in [0, 0.05) is 28.9 Å². The lowest BCUT2D eigenvalue weighted by atomic mass is 10.1. The van der Waals surface area contributed by atoms with Crippen molar-refractivity contribution >= 4 is 70.0 Å². The summed E-state index contributed by atoms with van der Waals surface area (Å²) in [7, 11) is 0. The summed E-state index contributed by atoms with van der Waals surface area (Å²) in [6.45, 7) is 4.80. The first-order valence-electron chi connectivity index (χ1n) is 10.8. The predicted octanol–water partition coefficient (Wildman–Crippen LogP) is 7.26. The number of halogens is 4. The van der Waals surface area contributed by atoms with Crippen LogP contribution in [0.25, 0.3) is 0 Å². The minimum Gasteiger partial charge on any atom is -0.354 e. The second-order valence-corrected chi connectivity index (χ2v) is 10.1. The van der Waals surface area contributed by atoms with Crippen LogP contribution in [0.1, 0.15) is 44.2 Å². The van der Waals surface area contributed by atoms with Crippen LogP contribution < -0.4 is 5.32 Å². The summed E-state index contributed by atoms with van der Waals surface area (Å²) in [6.07, 6.45) is 2.35. The van der Waals surface area contributed by atoms with Gasteiger partial charge in [0.2, 0.25) is 11.8 Å². The third-order valence-electron chi connectivity index (χ3n) is 5.09. The van der Waals surface area contributed by atoms with E-state index in [1.165, 1.54) is 11.8 Å². The molecule has 0 spiro atoms. The Hall–Kier alpha value is -1.11. The Morgan fingerprint density at radius 1 is 1.00 bits per heavy atom. The summed E-state index contributed by atoms with van der Waals surface area (Å²) in [5.41, 5.74) is 1.59. The van der Waals surface area contributed by atoms with Crippen LogP contribution >= 0.6 is 58.2 Å². The average molecular weight is 550 g/mol. The molecule has 0 aromatic heterocycles. The van der Waals surface area contributed by atoms with E-state index in [9.17, 15) is 9.59 Å². The number of carbonyl (C=O) groups excluding carboxylic acids is 2. The van der Waals surface area contributed by atoms with Crippen molar-refractivity contribution in [3.8, 4) is 0 Å². The molecule has 0 heterocycles. The Bertz CT molecular complexity index is 938. The van der Waals surface area contributed by atoms with Crippen LogP contribution in [0.3, 0.4) is 0 Å². The van der Waals surface area contributed by atoms with E-state index in [-0.39, 0.29) is 24.1 Å². The molecule has 2 amide bonds. The Morgan fingerprint density at radius 3 is 2.30 bits per heavy atom. The van der Waals surface area contributed by atoms with Gasteiger partial charge in [-0.05, 0) is 48.2 Å². The normalized spacial score (nSPS) is 11.8. The lowest BCUT2D eigenvalue weighted by molar-refractivity contribution is -0.139. The number of carbonyl (C=O) groups is 2. The molecule has 2 aromatic rings. The summed E-state index contributed by atoms with van der Waals surface area (Å²) in [6, 6.07) is 9.97. The van der Waals surface area contributed by atoms with Gasteiger partial charge in [-0.15, -0.1) is 11.8 Å². The maximum Gasteiger partial charge on any atom is 0.242 e. The SMILES string of the molecule is CCCCNC(=O)[C@H](CC)N(Cc1ccc(Cl)c(Cl)c1)C(=O)CSCc1c(Cl)cccc1Cl. The second kappa shape index (κ2) is 14.3. The van der Waals surface area contributed by atoms with E-state index >= 15 is 0 Å². The van der Waals surface area contributed by atoms with Gasteiger partial charge in [-0.2, -0.15) is 0 Å². The van der Waals surface area contributed by atoms with Crippen molar-refractivity contribution in [2.75, 3.05) is 12.3 Å². The molecule has 2 aromatic carbocycles. The molecule has 0 aliphatic heterocycles. The molecule has 0 saturated heterocycles. The molecule has 2 rings (SSSR count). The topological polar surface area (TPSA) is 49.4 Å². The summed E-state index contributed by atoms with van der Waals surface area (Å²) >= 11 is 26.1. The van der Waals surface area contributed by atoms with E-state index in [1.54, 1.807) is 35.2 Å². The molecule has 0 aliphatic carbocycles. The van der Waals surface area contributed by atoms with E-state index in [1.807, 2.05) is 13.0 Å². The van der Waals surface area contributed by atoms with Gasteiger partial charge in [0.25, 0.3) is 0 Å². The van der Waals surface area contributed by atoms with E-state index in [0.29, 0.717) is 38.8 Å². The fourth-order valence-corrected chi connectivity index (χ4v) is 5.22. The van der Waals surface area contributed by atoms with Crippen LogP contribution in [0.15, 0.2) is 36.4 Å². The number of hydrogen-bond acceptors (Lipinski definition) is 3. The van der Waals surface area contributed by atoms with Crippen molar-refractivity contribution in [3.63, 3.8) is 0 Å². The number of amides is 2. The van der Waals surface area contributed by atoms with Crippen molar-refractivity contribution in [1.29, 1.82) is 0 Å². The molecule has 0 aliphatic rings. The van der Waals surface area contributed by atoms with Crippen LogP contribution in [-0.2, 0) is 21.9 Å². The van der Waals surface area contributed by atoms with Crippen molar-refractivity contribution in [1.82, 2.24) is 10.2 Å². The highest BCUT2D eigenvalue weighted by Crippen LogP contribution is 2.29. The van der Waals surface area contributed by atoms with Gasteiger partial charge in [0.05, 0.1) is 15.8 Å². The van der Waals surface area contributed by atoms with Crippen molar-refractivity contribution in [2.45, 2.75) is 51.4 Å². The number of thioether (sulfide) groups is 1. The molecule has 0 radical (unpaired) electrons. The van der Waals surface area contributed by atoms with Gasteiger partial charge in [0.15, 0.2) is 0 Å². The predicted molar refractivity (Wildman–Crippen MR) is 142 cm³/mol. The number of hydrogen-bond donors (Lipinski definition) is 1. The molecule has 180 valence electrons. The fourth-order valence-electron chi connectivity index (χ4n) is 3.25. The number of rotatable bonds is 12. The average Bonchev–Trinajstić information content (AvgIpc) is 2.78. The monoisotopic (exact) mass is 548 g/mol. The van der Waals surface area contributed by atoms with Gasteiger partial charge in [-0.1, -0.05) is 78.8 Å². The van der Waals surface area contributed by atoms with Gasteiger partial charge in [0.1, 0.15) is 6.04 Å². The highest BCUT2D eigenvalue weighted by Gasteiger charge is 2.28. The molecule has 9 heteroatoms. The lowest BCUT2D eigenvalue weighted by Crippen LogP contribution is -2.49. The quantitative estimate of drug-likeness (QED) is 0.283. The largest absolute Gasteiger partial charge is 0.354 e. The minimum absolute atomic E-state index is 0.147. The third-order valence-corrected chi connectivity index (χ3v) is 7.48. The maximum absolute atomic E-state index is 13.3. The number of unbranched alkanes of at least 4 members (excludes halogenated alkanes) is 1. The first kappa shape index (κ1) is 28.1. The van der Waals surface area contributed by atoms with Gasteiger partial charge in [-0.3, -0.25) is 9.59 Å². The molecule has 0 fully saturated rings. The highest BCUT2D eigenvalue weighted by atomic mass is 35.5. The van der Waals surface area contributed by atoms with Crippen molar-refractivity contribution in [3.05, 3.63) is 67.6 Å². The molecule has 0 saturated carbocycles. The number of benzene rings is 2. The smallest absolute Gasteiger partial charge is 0.242 e. The van der Waals surface area contributed by atoms with Gasteiger partial charge >= 0.3 is 0 Å². The number of nitrogens with one attached hydrogen (secondary N) is 1. The van der Waals surface area contributed by atoms with Crippen LogP contribution in [0.5, 0.6) is 0 Å². The molecule has 33 heavy (non-hydrogen) atoms. The molecular formula is C24H28Cl4N2O2S. The maximum atomic E-state index is 13.3. The Morgan fingerprint density at radius 2 is 1.70 bits per heavy atom. The molecular weight excluding hydrogens is 522 g/mol. The molecule has 0 bridgehead atoms. The standard InChI is InChI=1S/C24H28Cl4N2O2S/c1-3-5-11-29-24(32)22(4-2)30(13-16-9-10-20(27)21(28)12-16)23(31)15-33-14-17-18(25)7-6-8-19(17)26/h6-10,12,22H,3-5,11,13-15H2,1-2H3,(H,29,32)/t22-/m0/s1.